The highest BCUT2D eigenvalue weighted by Crippen LogP contribution is 2.21. The number of rotatable bonds is 14. The normalized spacial score (nSPS) is 15.2. The van der Waals surface area contributed by atoms with Crippen molar-refractivity contribution in [3.8, 4) is 11.5 Å². The third-order valence-electron chi connectivity index (χ3n) is 6.11. The molecule has 5 heteroatoms. The van der Waals surface area contributed by atoms with Crippen molar-refractivity contribution < 1.29 is 19.0 Å². The van der Waals surface area contributed by atoms with E-state index in [4.69, 9.17) is 14.2 Å². The second-order valence-electron chi connectivity index (χ2n) is 9.32. The van der Waals surface area contributed by atoms with E-state index in [0.29, 0.717) is 36.3 Å². The number of nitrogens with zero attached hydrogens (tertiary/aromatic N) is 1. The number of hydrogen-bond acceptors (Lipinski definition) is 5. The maximum absolute atomic E-state index is 12.5. The summed E-state index contributed by atoms with van der Waals surface area (Å²) in [6, 6.07) is 14.6. The molecule has 1 atom stereocenters. The van der Waals surface area contributed by atoms with Gasteiger partial charge in [-0.2, -0.15) is 0 Å². The molecule has 1 aliphatic rings. The molecule has 0 N–H and O–H groups in total. The summed E-state index contributed by atoms with van der Waals surface area (Å²) in [5, 5.41) is 0. The molecular formula is C29H39NO4. The standard InChI is InChI=1S/C29H39NO4/c1-4-5-6-7-8-9-10-11-20-32-25-16-14-24(15-17-25)29(31)34-26-18-12-23(13-19-26)28-30-27(21-33-28)22(2)3/h12-19,22,27H,4-11,20-21H2,1-3H3/t27-/m1/s1. The van der Waals surface area contributed by atoms with Crippen molar-refractivity contribution in [1.29, 1.82) is 0 Å². The Bertz CT molecular complexity index is 903. The van der Waals surface area contributed by atoms with E-state index in [2.05, 4.69) is 25.8 Å². The molecule has 184 valence electrons. The molecule has 2 aromatic rings. The highest BCUT2D eigenvalue weighted by Gasteiger charge is 2.22. The summed E-state index contributed by atoms with van der Waals surface area (Å²) in [6.45, 7) is 7.84. The molecular weight excluding hydrogens is 426 g/mol. The number of aliphatic imine (C=N–C) groups is 1. The van der Waals surface area contributed by atoms with Crippen LogP contribution in [0.3, 0.4) is 0 Å². The average Bonchev–Trinajstić information content (AvgIpc) is 3.35. The zero-order valence-corrected chi connectivity index (χ0v) is 20.9. The highest BCUT2D eigenvalue weighted by atomic mass is 16.5. The number of carbonyl (C=O) groups excluding carboxylic acids is 1. The lowest BCUT2D eigenvalue weighted by Gasteiger charge is -2.08. The summed E-state index contributed by atoms with van der Waals surface area (Å²) in [4.78, 5) is 17.1. The van der Waals surface area contributed by atoms with Crippen LogP contribution in [-0.4, -0.2) is 31.1 Å². The van der Waals surface area contributed by atoms with Gasteiger partial charge in [0.15, 0.2) is 0 Å². The zero-order chi connectivity index (χ0) is 24.2. The van der Waals surface area contributed by atoms with Gasteiger partial charge >= 0.3 is 5.97 Å². The zero-order valence-electron chi connectivity index (χ0n) is 20.9. The van der Waals surface area contributed by atoms with Gasteiger partial charge in [-0.25, -0.2) is 9.79 Å². The van der Waals surface area contributed by atoms with Crippen LogP contribution in [0.15, 0.2) is 53.5 Å². The Morgan fingerprint density at radius 2 is 1.53 bits per heavy atom. The average molecular weight is 466 g/mol. The summed E-state index contributed by atoms with van der Waals surface area (Å²) >= 11 is 0. The molecule has 0 fully saturated rings. The molecule has 0 saturated carbocycles. The molecule has 0 radical (unpaired) electrons. The molecule has 0 unspecified atom stereocenters. The molecule has 0 amide bonds. The fraction of sp³-hybridized carbons (Fsp3) is 0.517. The van der Waals surface area contributed by atoms with Gasteiger partial charge in [-0.1, -0.05) is 65.7 Å². The second-order valence-corrected chi connectivity index (χ2v) is 9.32. The Kier molecular flexibility index (Phi) is 10.5. The SMILES string of the molecule is CCCCCCCCCCOc1ccc(C(=O)Oc2ccc(C3=N[C@@H](C(C)C)CO3)cc2)cc1. The van der Waals surface area contributed by atoms with Gasteiger partial charge < -0.3 is 14.2 Å². The second kappa shape index (κ2) is 13.8. The fourth-order valence-electron chi connectivity index (χ4n) is 3.83. The molecule has 0 bridgehead atoms. The minimum absolute atomic E-state index is 0.194. The van der Waals surface area contributed by atoms with Crippen molar-refractivity contribution in [3.63, 3.8) is 0 Å². The van der Waals surface area contributed by atoms with Crippen LogP contribution >= 0.6 is 0 Å². The summed E-state index contributed by atoms with van der Waals surface area (Å²) < 4.78 is 17.0. The van der Waals surface area contributed by atoms with Gasteiger partial charge in [0.25, 0.3) is 0 Å². The highest BCUT2D eigenvalue weighted by molar-refractivity contribution is 5.95. The Labute approximate surface area is 204 Å². The van der Waals surface area contributed by atoms with Crippen LogP contribution in [0, 0.1) is 5.92 Å². The van der Waals surface area contributed by atoms with E-state index in [1.807, 2.05) is 24.3 Å². The van der Waals surface area contributed by atoms with E-state index < -0.39 is 5.97 Å². The molecule has 3 rings (SSSR count). The number of ether oxygens (including phenoxy) is 3. The molecule has 0 spiro atoms. The number of carbonyl (C=O) groups is 1. The number of esters is 1. The smallest absolute Gasteiger partial charge is 0.343 e. The van der Waals surface area contributed by atoms with E-state index in [0.717, 1.165) is 17.7 Å². The predicted octanol–water partition coefficient (Wildman–Crippen LogP) is 7.23. The molecule has 0 aliphatic carbocycles. The monoisotopic (exact) mass is 465 g/mol. The Hall–Kier alpha value is -2.82. The van der Waals surface area contributed by atoms with Gasteiger partial charge in [0.1, 0.15) is 18.1 Å². The van der Waals surface area contributed by atoms with Gasteiger partial charge in [0.05, 0.1) is 18.2 Å². The maximum atomic E-state index is 12.5. The Morgan fingerprint density at radius 1 is 0.912 bits per heavy atom. The van der Waals surface area contributed by atoms with Crippen LogP contribution in [0.4, 0.5) is 0 Å². The van der Waals surface area contributed by atoms with Crippen LogP contribution in [0.25, 0.3) is 0 Å². The molecule has 0 aromatic heterocycles. The van der Waals surface area contributed by atoms with Gasteiger partial charge in [0.2, 0.25) is 5.90 Å². The van der Waals surface area contributed by atoms with Crippen LogP contribution < -0.4 is 9.47 Å². The number of hydrogen-bond donors (Lipinski definition) is 0. The van der Waals surface area contributed by atoms with Gasteiger partial charge in [-0.15, -0.1) is 0 Å². The van der Waals surface area contributed by atoms with E-state index in [9.17, 15) is 4.79 Å². The van der Waals surface area contributed by atoms with Crippen LogP contribution in [0.5, 0.6) is 11.5 Å². The van der Waals surface area contributed by atoms with Gasteiger partial charge in [-0.3, -0.25) is 0 Å². The van der Waals surface area contributed by atoms with Crippen molar-refractivity contribution in [2.45, 2.75) is 78.2 Å². The van der Waals surface area contributed by atoms with Crippen LogP contribution in [0.1, 0.15) is 88.1 Å². The molecule has 34 heavy (non-hydrogen) atoms. The molecule has 0 saturated heterocycles. The molecule has 1 heterocycles. The lowest BCUT2D eigenvalue weighted by molar-refractivity contribution is 0.0734. The Morgan fingerprint density at radius 3 is 2.15 bits per heavy atom. The largest absolute Gasteiger partial charge is 0.494 e. The van der Waals surface area contributed by atoms with E-state index in [-0.39, 0.29) is 6.04 Å². The minimum Gasteiger partial charge on any atom is -0.494 e. The lowest BCUT2D eigenvalue weighted by Crippen LogP contribution is -2.13. The Balaban J connectivity index is 1.39. The van der Waals surface area contributed by atoms with E-state index >= 15 is 0 Å². The third kappa shape index (κ3) is 8.19. The quantitative estimate of drug-likeness (QED) is 0.168. The predicted molar refractivity (Wildman–Crippen MR) is 137 cm³/mol. The number of benzene rings is 2. The lowest BCUT2D eigenvalue weighted by atomic mass is 10.1. The number of unbranched alkanes of at least 4 members (excludes halogenated alkanes) is 7. The van der Waals surface area contributed by atoms with E-state index in [1.165, 1.54) is 44.9 Å². The molecule has 1 aliphatic heterocycles. The maximum Gasteiger partial charge on any atom is 0.343 e. The summed E-state index contributed by atoms with van der Waals surface area (Å²) in [5.74, 6) is 1.97. The van der Waals surface area contributed by atoms with Crippen LogP contribution in [0.2, 0.25) is 0 Å². The summed E-state index contributed by atoms with van der Waals surface area (Å²) in [6.07, 6.45) is 10.2. The van der Waals surface area contributed by atoms with Crippen molar-refractivity contribution in [2.24, 2.45) is 10.9 Å². The first kappa shape index (κ1) is 25.8. The van der Waals surface area contributed by atoms with Crippen molar-refractivity contribution in [1.82, 2.24) is 0 Å². The summed E-state index contributed by atoms with van der Waals surface area (Å²) in [5.41, 5.74) is 1.38. The minimum atomic E-state index is -0.392. The first-order valence-electron chi connectivity index (χ1n) is 12.8. The van der Waals surface area contributed by atoms with Crippen molar-refractivity contribution >= 4 is 11.9 Å². The van der Waals surface area contributed by atoms with E-state index in [1.54, 1.807) is 24.3 Å². The first-order valence-corrected chi connectivity index (χ1v) is 12.8. The molecule has 2 aromatic carbocycles. The summed E-state index contributed by atoms with van der Waals surface area (Å²) in [7, 11) is 0. The van der Waals surface area contributed by atoms with Gasteiger partial charge in [0, 0.05) is 5.56 Å². The topological polar surface area (TPSA) is 57.1 Å². The van der Waals surface area contributed by atoms with Gasteiger partial charge in [-0.05, 0) is 60.9 Å². The third-order valence-corrected chi connectivity index (χ3v) is 6.11. The van der Waals surface area contributed by atoms with Crippen molar-refractivity contribution in [2.75, 3.05) is 13.2 Å². The molecule has 5 nitrogen and oxygen atoms in total. The van der Waals surface area contributed by atoms with Crippen LogP contribution in [-0.2, 0) is 4.74 Å². The first-order chi connectivity index (χ1) is 16.6. The van der Waals surface area contributed by atoms with Crippen molar-refractivity contribution in [3.05, 3.63) is 59.7 Å². The fourth-order valence-corrected chi connectivity index (χ4v) is 3.83.